The monoisotopic (exact) mass is 378 g/mol. The van der Waals surface area contributed by atoms with Crippen LogP contribution in [0.2, 0.25) is 0 Å². The maximum atomic E-state index is 12.9. The molecule has 1 atom stereocenters. The summed E-state index contributed by atoms with van der Waals surface area (Å²) in [7, 11) is -3.65. The van der Waals surface area contributed by atoms with Crippen molar-refractivity contribution in [3.63, 3.8) is 0 Å². The number of carbonyl (C=O) groups excluding carboxylic acids is 1. The van der Waals surface area contributed by atoms with Crippen LogP contribution in [0, 0.1) is 5.82 Å². The summed E-state index contributed by atoms with van der Waals surface area (Å²) in [5, 5.41) is 2.70. The molecule has 0 radical (unpaired) electrons. The van der Waals surface area contributed by atoms with Gasteiger partial charge in [0.25, 0.3) is 0 Å². The molecule has 5 nitrogen and oxygen atoms in total. The fourth-order valence-corrected chi connectivity index (χ4v) is 3.80. The Hall–Kier alpha value is -2.41. The van der Waals surface area contributed by atoms with Gasteiger partial charge in [-0.15, -0.1) is 0 Å². The minimum Gasteiger partial charge on any atom is -0.350 e. The fraction of sp³-hybridized carbons (Fsp3) is 0.316. The Bertz CT molecular complexity index is 849. The third kappa shape index (κ3) is 5.05. The van der Waals surface area contributed by atoms with E-state index in [1.165, 1.54) is 19.1 Å². The van der Waals surface area contributed by atoms with E-state index in [2.05, 4.69) is 5.32 Å². The third-order valence-corrected chi connectivity index (χ3v) is 5.31. The van der Waals surface area contributed by atoms with Crippen LogP contribution in [0.3, 0.4) is 0 Å². The molecule has 1 amide bonds. The normalized spacial score (nSPS) is 12.5. The summed E-state index contributed by atoms with van der Waals surface area (Å²) in [5.41, 5.74) is 2.25. The van der Waals surface area contributed by atoms with Crippen LogP contribution in [0.1, 0.15) is 25.0 Å². The topological polar surface area (TPSA) is 66.5 Å². The average molecular weight is 378 g/mol. The van der Waals surface area contributed by atoms with Crippen molar-refractivity contribution in [2.24, 2.45) is 0 Å². The molecule has 26 heavy (non-hydrogen) atoms. The Kier molecular flexibility index (Phi) is 6.37. The molecule has 0 aliphatic rings. The van der Waals surface area contributed by atoms with Crippen molar-refractivity contribution in [1.82, 2.24) is 5.32 Å². The van der Waals surface area contributed by atoms with Gasteiger partial charge in [-0.25, -0.2) is 12.8 Å². The second kappa shape index (κ2) is 8.31. The van der Waals surface area contributed by atoms with E-state index in [1.807, 2.05) is 19.1 Å². The van der Waals surface area contributed by atoms with Gasteiger partial charge in [-0.05, 0) is 48.7 Å². The zero-order valence-corrected chi connectivity index (χ0v) is 15.9. The molecule has 0 heterocycles. The number of sulfonamides is 1. The molecular formula is C19H23FN2O3S. The molecule has 0 unspecified atom stereocenters. The van der Waals surface area contributed by atoms with E-state index in [1.54, 1.807) is 24.3 Å². The van der Waals surface area contributed by atoms with Crippen LogP contribution in [0.5, 0.6) is 0 Å². The first kappa shape index (κ1) is 19.9. The molecule has 1 N–H and O–H groups in total. The average Bonchev–Trinajstić information content (AvgIpc) is 2.60. The number of hydrogen-bond donors (Lipinski definition) is 1. The molecule has 0 aliphatic heterocycles. The molecule has 2 aromatic rings. The Balaban J connectivity index is 2.16. The predicted octanol–water partition coefficient (Wildman–Crippen LogP) is 2.86. The van der Waals surface area contributed by atoms with Crippen LogP contribution in [0.4, 0.5) is 10.1 Å². The molecule has 0 saturated carbocycles. The first-order valence-corrected chi connectivity index (χ1v) is 10.2. The lowest BCUT2D eigenvalue weighted by molar-refractivity contribution is -0.122. The highest BCUT2D eigenvalue weighted by Crippen LogP contribution is 2.21. The number of benzene rings is 2. The highest BCUT2D eigenvalue weighted by atomic mass is 32.2. The van der Waals surface area contributed by atoms with Crippen molar-refractivity contribution >= 4 is 21.6 Å². The summed E-state index contributed by atoms with van der Waals surface area (Å²) in [6.45, 7) is 3.74. The van der Waals surface area contributed by atoms with Crippen LogP contribution in [0.15, 0.2) is 48.5 Å². The van der Waals surface area contributed by atoms with Gasteiger partial charge in [0, 0.05) is 6.54 Å². The molecule has 2 aromatic carbocycles. The summed E-state index contributed by atoms with van der Waals surface area (Å²) in [6.07, 6.45) is 1.91. The Labute approximate surface area is 153 Å². The second-order valence-corrected chi connectivity index (χ2v) is 7.96. The molecular weight excluding hydrogens is 355 g/mol. The first-order chi connectivity index (χ1) is 12.2. The zero-order chi connectivity index (χ0) is 19.3. The molecule has 0 saturated heterocycles. The van der Waals surface area contributed by atoms with E-state index in [0.29, 0.717) is 5.69 Å². The van der Waals surface area contributed by atoms with E-state index in [-0.39, 0.29) is 12.4 Å². The predicted molar refractivity (Wildman–Crippen MR) is 101 cm³/mol. The number of rotatable bonds is 7. The number of anilines is 1. The number of aryl methyl sites for hydroxylation is 1. The molecule has 140 valence electrons. The van der Waals surface area contributed by atoms with Gasteiger partial charge >= 0.3 is 0 Å². The van der Waals surface area contributed by atoms with Crippen LogP contribution in [-0.2, 0) is 27.8 Å². The van der Waals surface area contributed by atoms with Gasteiger partial charge in [0.2, 0.25) is 15.9 Å². The number of nitrogens with zero attached hydrogens (tertiary/aromatic N) is 1. The Morgan fingerprint density at radius 3 is 2.12 bits per heavy atom. The van der Waals surface area contributed by atoms with Gasteiger partial charge in [0.05, 0.1) is 11.9 Å². The zero-order valence-electron chi connectivity index (χ0n) is 15.1. The first-order valence-electron chi connectivity index (χ1n) is 8.33. The second-order valence-electron chi connectivity index (χ2n) is 6.10. The molecule has 0 spiro atoms. The third-order valence-electron chi connectivity index (χ3n) is 4.07. The van der Waals surface area contributed by atoms with Gasteiger partial charge in [-0.3, -0.25) is 9.10 Å². The lowest BCUT2D eigenvalue weighted by Gasteiger charge is -2.28. The van der Waals surface area contributed by atoms with Gasteiger partial charge < -0.3 is 5.32 Å². The number of hydrogen-bond acceptors (Lipinski definition) is 3. The highest BCUT2D eigenvalue weighted by Gasteiger charge is 2.28. The van der Waals surface area contributed by atoms with Crippen LogP contribution < -0.4 is 9.62 Å². The largest absolute Gasteiger partial charge is 0.350 e. The summed E-state index contributed by atoms with van der Waals surface area (Å²) < 4.78 is 38.5. The molecule has 0 fully saturated rings. The number of amides is 1. The van der Waals surface area contributed by atoms with Gasteiger partial charge in [-0.1, -0.05) is 31.2 Å². The minimum absolute atomic E-state index is 0.190. The van der Waals surface area contributed by atoms with E-state index in [4.69, 9.17) is 0 Å². The lowest BCUT2D eigenvalue weighted by Crippen LogP contribution is -2.47. The number of nitrogens with one attached hydrogen (secondary N) is 1. The van der Waals surface area contributed by atoms with Gasteiger partial charge in [0.15, 0.2) is 0 Å². The molecule has 7 heteroatoms. The van der Waals surface area contributed by atoms with E-state index in [0.717, 1.165) is 28.1 Å². The van der Waals surface area contributed by atoms with Crippen molar-refractivity contribution in [3.05, 3.63) is 65.5 Å². The quantitative estimate of drug-likeness (QED) is 0.806. The van der Waals surface area contributed by atoms with Crippen LogP contribution >= 0.6 is 0 Å². The van der Waals surface area contributed by atoms with E-state index < -0.39 is 22.0 Å². The van der Waals surface area contributed by atoms with Gasteiger partial charge in [-0.2, -0.15) is 0 Å². The Morgan fingerprint density at radius 2 is 1.62 bits per heavy atom. The summed E-state index contributed by atoms with van der Waals surface area (Å²) in [6, 6.07) is 11.9. The highest BCUT2D eigenvalue weighted by molar-refractivity contribution is 7.92. The standard InChI is InChI=1S/C19H23FN2O3S/c1-4-15-7-11-18(12-8-15)22(26(3,24)25)14(2)19(23)21-13-16-5-9-17(20)10-6-16/h5-12,14H,4,13H2,1-3H3,(H,21,23)/t14-/m1/s1. The summed E-state index contributed by atoms with van der Waals surface area (Å²) in [5.74, 6) is -0.786. The Morgan fingerprint density at radius 1 is 1.08 bits per heavy atom. The molecule has 0 bridgehead atoms. The van der Waals surface area contributed by atoms with Crippen molar-refractivity contribution < 1.29 is 17.6 Å². The van der Waals surface area contributed by atoms with Gasteiger partial charge in [0.1, 0.15) is 11.9 Å². The maximum absolute atomic E-state index is 12.9. The lowest BCUT2D eigenvalue weighted by atomic mass is 10.1. The van der Waals surface area contributed by atoms with Crippen molar-refractivity contribution in [2.45, 2.75) is 32.9 Å². The fourth-order valence-electron chi connectivity index (χ4n) is 2.63. The van der Waals surface area contributed by atoms with E-state index in [9.17, 15) is 17.6 Å². The SMILES string of the molecule is CCc1ccc(N([C@H](C)C(=O)NCc2ccc(F)cc2)S(C)(=O)=O)cc1. The van der Waals surface area contributed by atoms with Crippen molar-refractivity contribution in [1.29, 1.82) is 0 Å². The minimum atomic E-state index is -3.65. The van der Waals surface area contributed by atoms with Crippen LogP contribution in [0.25, 0.3) is 0 Å². The molecule has 0 aromatic heterocycles. The van der Waals surface area contributed by atoms with Crippen molar-refractivity contribution in [3.8, 4) is 0 Å². The van der Waals surface area contributed by atoms with Crippen molar-refractivity contribution in [2.75, 3.05) is 10.6 Å². The smallest absolute Gasteiger partial charge is 0.243 e. The molecule has 2 rings (SSSR count). The summed E-state index contributed by atoms with van der Waals surface area (Å²) >= 11 is 0. The number of carbonyl (C=O) groups is 1. The van der Waals surface area contributed by atoms with Crippen LogP contribution in [-0.4, -0.2) is 26.6 Å². The van der Waals surface area contributed by atoms with E-state index >= 15 is 0 Å². The number of halogens is 1. The molecule has 0 aliphatic carbocycles. The maximum Gasteiger partial charge on any atom is 0.243 e. The summed E-state index contributed by atoms with van der Waals surface area (Å²) in [4.78, 5) is 12.5.